The first-order valence-electron chi connectivity index (χ1n) is 9.20. The maximum atomic E-state index is 13.5. The molecule has 0 aliphatic carbocycles. The monoisotopic (exact) mass is 386 g/mol. The Morgan fingerprint density at radius 3 is 2.19 bits per heavy atom. The van der Waals surface area contributed by atoms with E-state index in [2.05, 4.69) is 0 Å². The number of benzene rings is 2. The average molecular weight is 387 g/mol. The lowest BCUT2D eigenvalue weighted by atomic mass is 9.83. The molecular formula is C22H26O4S. The summed E-state index contributed by atoms with van der Waals surface area (Å²) in [5.41, 5.74) is -0.424. The molecule has 2 aromatic carbocycles. The molecule has 4 nitrogen and oxygen atoms in total. The van der Waals surface area contributed by atoms with Gasteiger partial charge in [0.05, 0.1) is 10.1 Å². The van der Waals surface area contributed by atoms with E-state index in [-0.39, 0.29) is 16.2 Å². The summed E-state index contributed by atoms with van der Waals surface area (Å²) < 4.78 is 27.1. The molecule has 5 heteroatoms. The predicted octanol–water partition coefficient (Wildman–Crippen LogP) is 4.48. The Morgan fingerprint density at radius 1 is 1.04 bits per heavy atom. The molecule has 0 spiro atoms. The SMILES string of the molecule is CCCC(C(C)(C=O)CC)S(=O)(=O)c1ccccc1C(=O)c1ccccc1. The van der Waals surface area contributed by atoms with E-state index in [1.807, 2.05) is 13.8 Å². The van der Waals surface area contributed by atoms with Gasteiger partial charge in [0.1, 0.15) is 6.29 Å². The van der Waals surface area contributed by atoms with Crippen LogP contribution in [0.25, 0.3) is 0 Å². The van der Waals surface area contributed by atoms with Crippen LogP contribution in [-0.2, 0) is 14.6 Å². The fourth-order valence-corrected chi connectivity index (χ4v) is 5.81. The van der Waals surface area contributed by atoms with Crippen LogP contribution in [0.2, 0.25) is 0 Å². The average Bonchev–Trinajstić information content (AvgIpc) is 2.71. The fraction of sp³-hybridized carbons (Fsp3) is 0.364. The van der Waals surface area contributed by atoms with E-state index >= 15 is 0 Å². The molecule has 0 aliphatic rings. The van der Waals surface area contributed by atoms with E-state index < -0.39 is 20.5 Å². The molecule has 0 saturated carbocycles. The van der Waals surface area contributed by atoms with Crippen molar-refractivity contribution in [3.8, 4) is 0 Å². The summed E-state index contributed by atoms with van der Waals surface area (Å²) in [6.07, 6.45) is 2.14. The van der Waals surface area contributed by atoms with Crippen molar-refractivity contribution in [2.75, 3.05) is 0 Å². The standard InChI is InChI=1S/C22H26O4S/c1-4-11-20(22(3,5-2)16-23)27(25,26)19-15-10-9-14-18(19)21(24)17-12-7-6-8-13-17/h6-10,12-16,20H,4-5,11H2,1-3H3. The smallest absolute Gasteiger partial charge is 0.194 e. The summed E-state index contributed by atoms with van der Waals surface area (Å²) in [6.45, 7) is 5.39. The second-order valence-electron chi connectivity index (χ2n) is 6.99. The summed E-state index contributed by atoms with van der Waals surface area (Å²) in [5, 5.41) is -0.873. The zero-order valence-electron chi connectivity index (χ0n) is 16.0. The Morgan fingerprint density at radius 2 is 1.63 bits per heavy atom. The van der Waals surface area contributed by atoms with E-state index in [0.29, 0.717) is 24.8 Å². The molecule has 0 fully saturated rings. The van der Waals surface area contributed by atoms with Crippen LogP contribution in [0.4, 0.5) is 0 Å². The normalized spacial score (nSPS) is 14.9. The van der Waals surface area contributed by atoms with Crippen LogP contribution in [0.5, 0.6) is 0 Å². The molecule has 0 bridgehead atoms. The summed E-state index contributed by atoms with van der Waals surface area (Å²) in [6, 6.07) is 14.9. The number of ketones is 1. The van der Waals surface area contributed by atoms with Gasteiger partial charge in [-0.15, -0.1) is 0 Å². The van der Waals surface area contributed by atoms with Gasteiger partial charge >= 0.3 is 0 Å². The van der Waals surface area contributed by atoms with Gasteiger partial charge < -0.3 is 4.79 Å². The van der Waals surface area contributed by atoms with Crippen LogP contribution in [-0.4, -0.2) is 25.7 Å². The third-order valence-corrected chi connectivity index (χ3v) is 7.66. The Hall–Kier alpha value is -2.27. The zero-order chi connectivity index (χ0) is 20.1. The van der Waals surface area contributed by atoms with Gasteiger partial charge in [0.25, 0.3) is 0 Å². The number of rotatable bonds is 9. The van der Waals surface area contributed by atoms with Crippen molar-refractivity contribution in [2.45, 2.75) is 50.2 Å². The van der Waals surface area contributed by atoms with Crippen molar-refractivity contribution in [2.24, 2.45) is 5.41 Å². The minimum absolute atomic E-state index is 0.00109. The molecule has 2 rings (SSSR count). The molecule has 0 saturated heterocycles. The molecule has 2 atom stereocenters. The highest BCUT2D eigenvalue weighted by Gasteiger charge is 2.43. The highest BCUT2D eigenvalue weighted by atomic mass is 32.2. The number of hydrogen-bond donors (Lipinski definition) is 0. The summed E-state index contributed by atoms with van der Waals surface area (Å²) in [4.78, 5) is 24.7. The molecule has 2 unspecified atom stereocenters. The lowest BCUT2D eigenvalue weighted by molar-refractivity contribution is -0.115. The number of carbonyl (C=O) groups is 2. The third-order valence-electron chi connectivity index (χ3n) is 5.17. The lowest BCUT2D eigenvalue weighted by Gasteiger charge is -2.32. The van der Waals surface area contributed by atoms with E-state index in [0.717, 1.165) is 6.29 Å². The summed E-state index contributed by atoms with van der Waals surface area (Å²) in [5.74, 6) is -0.339. The third kappa shape index (κ3) is 4.19. The number of sulfone groups is 1. The first kappa shape index (κ1) is 21.0. The van der Waals surface area contributed by atoms with E-state index in [4.69, 9.17) is 0 Å². The predicted molar refractivity (Wildman–Crippen MR) is 107 cm³/mol. The maximum Gasteiger partial charge on any atom is 0.194 e. The van der Waals surface area contributed by atoms with Gasteiger partial charge in [-0.3, -0.25) is 4.79 Å². The highest BCUT2D eigenvalue weighted by molar-refractivity contribution is 7.92. The van der Waals surface area contributed by atoms with Gasteiger partial charge in [-0.2, -0.15) is 0 Å². The number of carbonyl (C=O) groups excluding carboxylic acids is 2. The molecular weight excluding hydrogens is 360 g/mol. The Bertz CT molecular complexity index is 903. The first-order valence-corrected chi connectivity index (χ1v) is 10.8. The van der Waals surface area contributed by atoms with Gasteiger partial charge in [-0.1, -0.05) is 69.7 Å². The van der Waals surface area contributed by atoms with Gasteiger partial charge in [0, 0.05) is 16.5 Å². The largest absolute Gasteiger partial charge is 0.303 e. The second-order valence-corrected chi connectivity index (χ2v) is 9.09. The molecule has 0 radical (unpaired) electrons. The highest BCUT2D eigenvalue weighted by Crippen LogP contribution is 2.36. The Balaban J connectivity index is 2.62. The summed E-state index contributed by atoms with van der Waals surface area (Å²) >= 11 is 0. The summed E-state index contributed by atoms with van der Waals surface area (Å²) in [7, 11) is -3.88. The van der Waals surface area contributed by atoms with Gasteiger partial charge in [0.15, 0.2) is 15.6 Å². The number of hydrogen-bond acceptors (Lipinski definition) is 4. The minimum Gasteiger partial charge on any atom is -0.303 e. The van der Waals surface area contributed by atoms with Gasteiger partial charge in [-0.05, 0) is 25.0 Å². The van der Waals surface area contributed by atoms with Crippen molar-refractivity contribution >= 4 is 21.9 Å². The topological polar surface area (TPSA) is 68.3 Å². The number of aldehydes is 1. The van der Waals surface area contributed by atoms with Crippen LogP contribution in [0.15, 0.2) is 59.5 Å². The second kappa shape index (κ2) is 8.61. The minimum atomic E-state index is -3.88. The molecule has 27 heavy (non-hydrogen) atoms. The van der Waals surface area contributed by atoms with Crippen LogP contribution in [0, 0.1) is 5.41 Å². The molecule has 0 amide bonds. The Labute approximate surface area is 161 Å². The van der Waals surface area contributed by atoms with Gasteiger partial charge in [0.2, 0.25) is 0 Å². The molecule has 0 heterocycles. The molecule has 0 N–H and O–H groups in total. The van der Waals surface area contributed by atoms with Crippen LogP contribution < -0.4 is 0 Å². The quantitative estimate of drug-likeness (QED) is 0.471. The van der Waals surface area contributed by atoms with E-state index in [1.165, 1.54) is 12.1 Å². The zero-order valence-corrected chi connectivity index (χ0v) is 16.8. The molecule has 2 aromatic rings. The maximum absolute atomic E-state index is 13.5. The van der Waals surface area contributed by atoms with Crippen molar-refractivity contribution in [3.63, 3.8) is 0 Å². The molecule has 144 valence electrons. The van der Waals surface area contributed by atoms with Crippen LogP contribution >= 0.6 is 0 Å². The Kier molecular flexibility index (Phi) is 6.71. The first-order chi connectivity index (χ1) is 12.8. The van der Waals surface area contributed by atoms with Crippen molar-refractivity contribution in [3.05, 3.63) is 65.7 Å². The van der Waals surface area contributed by atoms with Gasteiger partial charge in [-0.25, -0.2) is 8.42 Å². The van der Waals surface area contributed by atoms with Crippen LogP contribution in [0.3, 0.4) is 0 Å². The molecule has 0 aromatic heterocycles. The van der Waals surface area contributed by atoms with Crippen molar-refractivity contribution < 1.29 is 18.0 Å². The van der Waals surface area contributed by atoms with E-state index in [9.17, 15) is 18.0 Å². The molecule has 0 aliphatic heterocycles. The van der Waals surface area contributed by atoms with Crippen molar-refractivity contribution in [1.29, 1.82) is 0 Å². The van der Waals surface area contributed by atoms with Crippen molar-refractivity contribution in [1.82, 2.24) is 0 Å². The fourth-order valence-electron chi connectivity index (χ4n) is 3.29. The van der Waals surface area contributed by atoms with Crippen LogP contribution in [0.1, 0.15) is 56.0 Å². The lowest BCUT2D eigenvalue weighted by Crippen LogP contribution is -2.40. The van der Waals surface area contributed by atoms with E-state index in [1.54, 1.807) is 49.4 Å².